The molecule has 3 heteroatoms. The number of hydrogen-bond acceptors (Lipinski definition) is 2. The zero-order chi connectivity index (χ0) is 13.1. The molecule has 0 spiro atoms. The molecule has 1 aromatic heterocycles. The third-order valence-electron chi connectivity index (χ3n) is 5.86. The highest BCUT2D eigenvalue weighted by Gasteiger charge is 2.64. The molecule has 0 aromatic carbocycles. The molecule has 3 nitrogen and oxygen atoms in total. The minimum absolute atomic E-state index is 0.462. The second-order valence-corrected chi connectivity index (χ2v) is 7.09. The molecule has 1 fully saturated rings. The van der Waals surface area contributed by atoms with Crippen LogP contribution in [0.25, 0.3) is 0 Å². The summed E-state index contributed by atoms with van der Waals surface area (Å²) in [5, 5.41) is 3.41. The molecule has 0 unspecified atom stereocenters. The molecule has 100 valence electrons. The highest BCUT2D eigenvalue weighted by Crippen LogP contribution is 2.68. The predicted octanol–water partition coefficient (Wildman–Crippen LogP) is 2.52. The van der Waals surface area contributed by atoms with E-state index in [1.807, 2.05) is 0 Å². The van der Waals surface area contributed by atoms with E-state index in [-0.39, 0.29) is 0 Å². The van der Waals surface area contributed by atoms with E-state index < -0.39 is 0 Å². The molecule has 1 N–H and O–H groups in total. The van der Waals surface area contributed by atoms with E-state index in [4.69, 9.17) is 4.98 Å². The lowest BCUT2D eigenvalue weighted by Crippen LogP contribution is -2.25. The largest absolute Gasteiger partial charge is 0.332 e. The molecule has 3 rings (SSSR count). The Morgan fingerprint density at radius 2 is 1.94 bits per heavy atom. The molecule has 0 radical (unpaired) electrons. The molecule has 2 aliphatic rings. The van der Waals surface area contributed by atoms with E-state index in [1.165, 1.54) is 17.2 Å². The Labute approximate surface area is 110 Å². The molecule has 1 aliphatic heterocycles. The lowest BCUT2D eigenvalue weighted by atomic mass is 10.0. The number of nitrogens with zero attached hydrogens (tertiary/aromatic N) is 2. The van der Waals surface area contributed by atoms with E-state index in [2.05, 4.69) is 44.5 Å². The lowest BCUT2D eigenvalue weighted by molar-refractivity contribution is 0.457. The van der Waals surface area contributed by atoms with Crippen molar-refractivity contribution in [3.05, 3.63) is 17.2 Å². The fraction of sp³-hybridized carbons (Fsp3) is 0.800. The summed E-state index contributed by atoms with van der Waals surface area (Å²) in [5.74, 6) is 1.97. The van der Waals surface area contributed by atoms with Crippen LogP contribution in [0.3, 0.4) is 0 Å². The quantitative estimate of drug-likeness (QED) is 0.870. The Kier molecular flexibility index (Phi) is 2.44. The standard InChI is InChI=1S/C15H25N3/c1-10-17-11-8-16-7-6-12(11)18(10)9-13-14(2,3)15(13,4)5/h13,16H,6-9H2,1-5H3. The van der Waals surface area contributed by atoms with Crippen LogP contribution >= 0.6 is 0 Å². The SMILES string of the molecule is Cc1nc2c(n1CC1C(C)(C)C1(C)C)CCNC2. The van der Waals surface area contributed by atoms with E-state index in [1.54, 1.807) is 0 Å². The summed E-state index contributed by atoms with van der Waals surface area (Å²) in [7, 11) is 0. The maximum Gasteiger partial charge on any atom is 0.106 e. The second kappa shape index (κ2) is 3.60. The fourth-order valence-electron chi connectivity index (χ4n) is 3.72. The summed E-state index contributed by atoms with van der Waals surface area (Å²) in [6.45, 7) is 14.9. The van der Waals surface area contributed by atoms with Gasteiger partial charge in [-0.1, -0.05) is 27.7 Å². The number of fused-ring (bicyclic) bond motifs is 1. The van der Waals surface area contributed by atoms with Crippen LogP contribution in [-0.2, 0) is 19.5 Å². The molecule has 0 atom stereocenters. The average Bonchev–Trinajstić information content (AvgIpc) is 2.57. The smallest absolute Gasteiger partial charge is 0.106 e. The predicted molar refractivity (Wildman–Crippen MR) is 73.4 cm³/mol. The monoisotopic (exact) mass is 247 g/mol. The van der Waals surface area contributed by atoms with Crippen LogP contribution in [0.2, 0.25) is 0 Å². The van der Waals surface area contributed by atoms with E-state index in [0.29, 0.717) is 10.8 Å². The zero-order valence-corrected chi connectivity index (χ0v) is 12.3. The van der Waals surface area contributed by atoms with Crippen LogP contribution in [0, 0.1) is 23.7 Å². The van der Waals surface area contributed by atoms with Gasteiger partial charge in [-0.25, -0.2) is 4.98 Å². The topological polar surface area (TPSA) is 29.9 Å². The summed E-state index contributed by atoms with van der Waals surface area (Å²) < 4.78 is 2.48. The normalized spacial score (nSPS) is 24.9. The van der Waals surface area contributed by atoms with Crippen molar-refractivity contribution >= 4 is 0 Å². The number of hydrogen-bond donors (Lipinski definition) is 1. The van der Waals surface area contributed by atoms with Crippen molar-refractivity contribution in [1.29, 1.82) is 0 Å². The molecule has 1 aliphatic carbocycles. The van der Waals surface area contributed by atoms with Gasteiger partial charge >= 0.3 is 0 Å². The van der Waals surface area contributed by atoms with Crippen molar-refractivity contribution in [2.45, 2.75) is 54.1 Å². The van der Waals surface area contributed by atoms with Gasteiger partial charge in [0.15, 0.2) is 0 Å². The van der Waals surface area contributed by atoms with Crippen molar-refractivity contribution in [3.8, 4) is 0 Å². The molecule has 1 aromatic rings. The third-order valence-corrected chi connectivity index (χ3v) is 5.86. The average molecular weight is 247 g/mol. The molecular weight excluding hydrogens is 222 g/mol. The maximum absolute atomic E-state index is 4.73. The Morgan fingerprint density at radius 1 is 1.28 bits per heavy atom. The number of aromatic nitrogens is 2. The number of imidazole rings is 1. The first kappa shape index (κ1) is 12.2. The number of rotatable bonds is 2. The van der Waals surface area contributed by atoms with Gasteiger partial charge < -0.3 is 9.88 Å². The van der Waals surface area contributed by atoms with Gasteiger partial charge in [0.25, 0.3) is 0 Å². The Morgan fingerprint density at radius 3 is 2.56 bits per heavy atom. The van der Waals surface area contributed by atoms with Crippen LogP contribution in [0.5, 0.6) is 0 Å². The summed E-state index contributed by atoms with van der Waals surface area (Å²) in [5.41, 5.74) is 3.67. The van der Waals surface area contributed by atoms with Gasteiger partial charge in [-0.05, 0) is 23.7 Å². The van der Waals surface area contributed by atoms with Gasteiger partial charge in [0.1, 0.15) is 5.82 Å². The van der Waals surface area contributed by atoms with Gasteiger partial charge in [-0.3, -0.25) is 0 Å². The first-order valence-electron chi connectivity index (χ1n) is 7.11. The molecule has 0 saturated heterocycles. The van der Waals surface area contributed by atoms with E-state index in [9.17, 15) is 0 Å². The van der Waals surface area contributed by atoms with Crippen LogP contribution < -0.4 is 5.32 Å². The molecular formula is C15H25N3. The number of aryl methyl sites for hydroxylation is 1. The van der Waals surface area contributed by atoms with Crippen molar-refractivity contribution in [2.75, 3.05) is 6.54 Å². The zero-order valence-electron chi connectivity index (χ0n) is 12.3. The van der Waals surface area contributed by atoms with Gasteiger partial charge in [0.05, 0.1) is 5.69 Å². The summed E-state index contributed by atoms with van der Waals surface area (Å²) in [6.07, 6.45) is 1.13. The fourth-order valence-corrected chi connectivity index (χ4v) is 3.72. The molecule has 0 amide bonds. The van der Waals surface area contributed by atoms with Gasteiger partial charge in [-0.15, -0.1) is 0 Å². The van der Waals surface area contributed by atoms with E-state index in [0.717, 1.165) is 32.0 Å². The van der Waals surface area contributed by atoms with Crippen molar-refractivity contribution < 1.29 is 0 Å². The summed E-state index contributed by atoms with van der Waals surface area (Å²) >= 11 is 0. The molecule has 0 bridgehead atoms. The molecule has 18 heavy (non-hydrogen) atoms. The minimum atomic E-state index is 0.462. The molecule has 2 heterocycles. The third kappa shape index (κ3) is 1.49. The minimum Gasteiger partial charge on any atom is -0.332 e. The van der Waals surface area contributed by atoms with Crippen molar-refractivity contribution in [2.24, 2.45) is 16.7 Å². The van der Waals surface area contributed by atoms with Gasteiger partial charge in [0.2, 0.25) is 0 Å². The first-order valence-corrected chi connectivity index (χ1v) is 7.11. The van der Waals surface area contributed by atoms with Crippen LogP contribution in [0.4, 0.5) is 0 Å². The number of nitrogens with one attached hydrogen (secondary N) is 1. The van der Waals surface area contributed by atoms with Crippen molar-refractivity contribution in [3.63, 3.8) is 0 Å². The Balaban J connectivity index is 1.88. The second-order valence-electron chi connectivity index (χ2n) is 7.09. The highest BCUT2D eigenvalue weighted by molar-refractivity contribution is 5.22. The highest BCUT2D eigenvalue weighted by atomic mass is 15.1. The lowest BCUT2D eigenvalue weighted by Gasteiger charge is -2.16. The van der Waals surface area contributed by atoms with Crippen LogP contribution in [0.15, 0.2) is 0 Å². The Bertz CT molecular complexity index is 468. The maximum atomic E-state index is 4.73. The van der Waals surface area contributed by atoms with Crippen LogP contribution in [-0.4, -0.2) is 16.1 Å². The van der Waals surface area contributed by atoms with Gasteiger partial charge in [-0.2, -0.15) is 0 Å². The van der Waals surface area contributed by atoms with Crippen LogP contribution in [0.1, 0.15) is 44.9 Å². The Hall–Kier alpha value is -0.830. The van der Waals surface area contributed by atoms with Gasteiger partial charge in [0, 0.05) is 31.7 Å². The first-order chi connectivity index (χ1) is 8.35. The van der Waals surface area contributed by atoms with E-state index >= 15 is 0 Å². The van der Waals surface area contributed by atoms with Crippen molar-refractivity contribution in [1.82, 2.24) is 14.9 Å². The molecule has 1 saturated carbocycles. The summed E-state index contributed by atoms with van der Waals surface area (Å²) in [4.78, 5) is 4.73. The summed E-state index contributed by atoms with van der Waals surface area (Å²) in [6, 6.07) is 0.